The fourth-order valence-corrected chi connectivity index (χ4v) is 4.02. The topological polar surface area (TPSA) is 89.2 Å². The Bertz CT molecular complexity index is 1230. The lowest BCUT2D eigenvalue weighted by atomic mass is 9.95. The van der Waals surface area contributed by atoms with E-state index < -0.39 is 23.5 Å². The van der Waals surface area contributed by atoms with Gasteiger partial charge in [0.2, 0.25) is 0 Å². The van der Waals surface area contributed by atoms with Crippen molar-refractivity contribution in [3.8, 4) is 11.5 Å². The summed E-state index contributed by atoms with van der Waals surface area (Å²) >= 11 is 0. The summed E-state index contributed by atoms with van der Waals surface area (Å²) in [5, 5.41) is 11.1. The highest BCUT2D eigenvalue weighted by atomic mass is 19.1. The van der Waals surface area contributed by atoms with Crippen LogP contribution in [0.4, 0.5) is 4.39 Å². The Balaban J connectivity index is 1.85. The minimum Gasteiger partial charge on any atom is -0.507 e. The first-order valence-corrected chi connectivity index (χ1v) is 11.4. The largest absolute Gasteiger partial charge is 0.507 e. The number of rotatable bonds is 9. The number of halogens is 1. The van der Waals surface area contributed by atoms with E-state index in [1.165, 1.54) is 35.4 Å². The quantitative estimate of drug-likeness (QED) is 0.257. The summed E-state index contributed by atoms with van der Waals surface area (Å²) in [6.45, 7) is 4.73. The zero-order valence-electron chi connectivity index (χ0n) is 19.5. The number of aliphatic hydroxyl groups excluding tert-OH is 1. The summed E-state index contributed by atoms with van der Waals surface area (Å²) in [7, 11) is 0. The molecule has 1 unspecified atom stereocenters. The SMILES string of the molecule is CCCOc1ccc(C2/C(=C(\O)c3ccc(F)cc3)C(=O)C(=O)N2Cc2ccco2)cc1OCC. The summed E-state index contributed by atoms with van der Waals surface area (Å²) in [5.41, 5.74) is 0.671. The first-order valence-electron chi connectivity index (χ1n) is 11.4. The fourth-order valence-electron chi connectivity index (χ4n) is 4.02. The third-order valence-electron chi connectivity index (χ3n) is 5.61. The molecule has 1 atom stereocenters. The predicted molar refractivity (Wildman–Crippen MR) is 126 cm³/mol. The molecule has 1 aliphatic heterocycles. The van der Waals surface area contributed by atoms with Gasteiger partial charge in [-0.2, -0.15) is 0 Å². The summed E-state index contributed by atoms with van der Waals surface area (Å²) in [4.78, 5) is 27.6. The van der Waals surface area contributed by atoms with E-state index in [4.69, 9.17) is 13.9 Å². The van der Waals surface area contributed by atoms with Crippen molar-refractivity contribution in [2.24, 2.45) is 0 Å². The van der Waals surface area contributed by atoms with Crippen LogP contribution >= 0.6 is 0 Å². The summed E-state index contributed by atoms with van der Waals surface area (Å²) in [5.74, 6) is -1.01. The van der Waals surface area contributed by atoms with E-state index in [0.29, 0.717) is 36.0 Å². The van der Waals surface area contributed by atoms with Gasteiger partial charge in [-0.25, -0.2) is 4.39 Å². The van der Waals surface area contributed by atoms with Crippen LogP contribution in [0.2, 0.25) is 0 Å². The lowest BCUT2D eigenvalue weighted by Crippen LogP contribution is -2.29. The van der Waals surface area contributed by atoms with Gasteiger partial charge in [-0.05, 0) is 67.4 Å². The maximum absolute atomic E-state index is 13.5. The van der Waals surface area contributed by atoms with Crippen molar-refractivity contribution >= 4 is 17.4 Å². The van der Waals surface area contributed by atoms with Gasteiger partial charge in [-0.15, -0.1) is 0 Å². The van der Waals surface area contributed by atoms with Gasteiger partial charge in [-0.1, -0.05) is 13.0 Å². The standard InChI is InChI=1S/C27H26FNO6/c1-3-13-35-21-12-9-18(15-22(21)33-4-2)24-23(25(30)17-7-10-19(28)11-8-17)26(31)27(32)29(24)16-20-6-5-14-34-20/h5-12,14-15,24,30H,3-4,13,16H2,1-2H3/b25-23+. The molecule has 0 aliphatic carbocycles. The molecule has 0 bridgehead atoms. The van der Waals surface area contributed by atoms with Crippen molar-refractivity contribution in [1.82, 2.24) is 4.90 Å². The minimum atomic E-state index is -0.926. The molecule has 1 saturated heterocycles. The molecule has 2 heterocycles. The number of Topliss-reactive ketones (excluding diaryl/α,β-unsaturated/α-hetero) is 1. The Morgan fingerprint density at radius 3 is 2.49 bits per heavy atom. The van der Waals surface area contributed by atoms with Gasteiger partial charge in [0.05, 0.1) is 37.6 Å². The van der Waals surface area contributed by atoms with Crippen molar-refractivity contribution in [1.29, 1.82) is 0 Å². The Morgan fingerprint density at radius 2 is 1.83 bits per heavy atom. The number of hydrogen-bond acceptors (Lipinski definition) is 6. The number of furan rings is 1. The molecule has 1 aliphatic rings. The molecule has 35 heavy (non-hydrogen) atoms. The normalized spacial score (nSPS) is 17.1. The van der Waals surface area contributed by atoms with E-state index in [2.05, 4.69) is 0 Å². The maximum atomic E-state index is 13.5. The zero-order chi connectivity index (χ0) is 24.9. The van der Waals surface area contributed by atoms with Crippen LogP contribution in [0.15, 0.2) is 70.9 Å². The lowest BCUT2D eigenvalue weighted by molar-refractivity contribution is -0.140. The number of nitrogens with zero attached hydrogens (tertiary/aromatic N) is 1. The van der Waals surface area contributed by atoms with Crippen LogP contribution in [0.3, 0.4) is 0 Å². The van der Waals surface area contributed by atoms with Crippen molar-refractivity contribution < 1.29 is 33.0 Å². The number of benzene rings is 2. The van der Waals surface area contributed by atoms with Crippen LogP contribution in [0, 0.1) is 5.82 Å². The van der Waals surface area contributed by atoms with Gasteiger partial charge < -0.3 is 23.9 Å². The molecule has 2 aromatic carbocycles. The van der Waals surface area contributed by atoms with E-state index in [0.717, 1.165) is 6.42 Å². The van der Waals surface area contributed by atoms with Crippen molar-refractivity contribution in [2.75, 3.05) is 13.2 Å². The van der Waals surface area contributed by atoms with Gasteiger partial charge in [0.15, 0.2) is 11.5 Å². The Hall–Kier alpha value is -4.07. The molecule has 0 radical (unpaired) electrons. The summed E-state index contributed by atoms with van der Waals surface area (Å²) in [6.07, 6.45) is 2.29. The smallest absolute Gasteiger partial charge is 0.296 e. The van der Waals surface area contributed by atoms with Crippen LogP contribution in [-0.4, -0.2) is 34.9 Å². The van der Waals surface area contributed by atoms with E-state index in [1.807, 2.05) is 13.8 Å². The highest BCUT2D eigenvalue weighted by Gasteiger charge is 2.46. The molecule has 0 spiro atoms. The molecule has 8 heteroatoms. The fraction of sp³-hybridized carbons (Fsp3) is 0.259. The first-order chi connectivity index (χ1) is 16.9. The number of ketones is 1. The number of amides is 1. The second-order valence-electron chi connectivity index (χ2n) is 8.00. The third kappa shape index (κ3) is 4.91. The van der Waals surface area contributed by atoms with E-state index in [9.17, 15) is 19.1 Å². The van der Waals surface area contributed by atoms with Crippen molar-refractivity contribution in [2.45, 2.75) is 32.9 Å². The van der Waals surface area contributed by atoms with Crippen LogP contribution in [0.25, 0.3) is 5.76 Å². The second-order valence-corrected chi connectivity index (χ2v) is 8.00. The third-order valence-corrected chi connectivity index (χ3v) is 5.61. The Morgan fingerprint density at radius 1 is 1.06 bits per heavy atom. The van der Waals surface area contributed by atoms with Crippen molar-refractivity contribution in [3.63, 3.8) is 0 Å². The Kier molecular flexibility index (Phi) is 7.19. The van der Waals surface area contributed by atoms with Crippen LogP contribution in [0.5, 0.6) is 11.5 Å². The number of likely N-dealkylation sites (tertiary alicyclic amines) is 1. The molecule has 1 amide bonds. The van der Waals surface area contributed by atoms with Gasteiger partial charge in [0.1, 0.15) is 17.3 Å². The van der Waals surface area contributed by atoms with Crippen molar-refractivity contribution in [3.05, 3.63) is 89.1 Å². The molecule has 7 nitrogen and oxygen atoms in total. The molecule has 3 aromatic rings. The molecular formula is C27H26FNO6. The average Bonchev–Trinajstić information content (AvgIpc) is 3.46. The van der Waals surface area contributed by atoms with E-state index in [1.54, 1.807) is 30.3 Å². The number of carbonyl (C=O) groups is 2. The van der Waals surface area contributed by atoms with Gasteiger partial charge in [-0.3, -0.25) is 9.59 Å². The highest BCUT2D eigenvalue weighted by Crippen LogP contribution is 2.42. The zero-order valence-corrected chi connectivity index (χ0v) is 19.5. The average molecular weight is 480 g/mol. The van der Waals surface area contributed by atoms with Crippen LogP contribution in [-0.2, 0) is 16.1 Å². The molecule has 1 fully saturated rings. The molecule has 1 N–H and O–H groups in total. The summed E-state index contributed by atoms with van der Waals surface area (Å²) < 4.78 is 30.4. The molecule has 182 valence electrons. The first kappa shape index (κ1) is 24.1. The Labute approximate surface area is 202 Å². The molecule has 0 saturated carbocycles. The minimum absolute atomic E-state index is 0.0144. The molecule has 1 aromatic heterocycles. The van der Waals surface area contributed by atoms with E-state index in [-0.39, 0.29) is 23.4 Å². The van der Waals surface area contributed by atoms with Crippen LogP contribution in [0.1, 0.15) is 43.2 Å². The van der Waals surface area contributed by atoms with Crippen LogP contribution < -0.4 is 9.47 Å². The lowest BCUT2D eigenvalue weighted by Gasteiger charge is -2.25. The number of carbonyl (C=O) groups excluding carboxylic acids is 2. The highest BCUT2D eigenvalue weighted by molar-refractivity contribution is 6.46. The van der Waals surface area contributed by atoms with E-state index >= 15 is 0 Å². The summed E-state index contributed by atoms with van der Waals surface area (Å²) in [6, 6.07) is 12.7. The van der Waals surface area contributed by atoms with Gasteiger partial charge in [0.25, 0.3) is 11.7 Å². The number of ether oxygens (including phenoxy) is 2. The number of aliphatic hydroxyl groups is 1. The van der Waals surface area contributed by atoms with Gasteiger partial charge in [0, 0.05) is 5.56 Å². The molecule has 4 rings (SSSR count). The second kappa shape index (κ2) is 10.5. The predicted octanol–water partition coefficient (Wildman–Crippen LogP) is 5.23. The molecular weight excluding hydrogens is 453 g/mol. The van der Waals surface area contributed by atoms with Gasteiger partial charge >= 0.3 is 0 Å². The number of hydrogen-bond donors (Lipinski definition) is 1. The monoisotopic (exact) mass is 479 g/mol. The maximum Gasteiger partial charge on any atom is 0.296 e.